The standard InChI is InChI=1S/C25H15BF2N2O/c27-26(28)29-21-14-13-17(16-7-2-1-3-8-16)15-20(21)18-9-6-10-19(24(18)29)25-30(26)22-11-4-5-12-23(22)31-25/h1-15H. The van der Waals surface area contributed by atoms with Crippen LogP contribution in [0.4, 0.5) is 8.63 Å². The highest BCUT2D eigenvalue weighted by atomic mass is 19.2. The van der Waals surface area contributed by atoms with Crippen molar-refractivity contribution in [3.8, 4) is 22.6 Å². The van der Waals surface area contributed by atoms with Gasteiger partial charge in [0.25, 0.3) is 0 Å². The molecule has 0 saturated carbocycles. The molecule has 0 radical (unpaired) electrons. The third-order valence-electron chi connectivity index (χ3n) is 6.33. The number of aromatic nitrogens is 2. The summed E-state index contributed by atoms with van der Waals surface area (Å²) >= 11 is 0. The largest absolute Gasteiger partial charge is 0.740 e. The van der Waals surface area contributed by atoms with Crippen molar-refractivity contribution in [3.63, 3.8) is 0 Å². The molecule has 0 fully saturated rings. The molecule has 0 unspecified atom stereocenters. The van der Waals surface area contributed by atoms with Crippen molar-refractivity contribution in [2.24, 2.45) is 0 Å². The minimum Gasteiger partial charge on any atom is -0.401 e. The van der Waals surface area contributed by atoms with Gasteiger partial charge in [-0.05, 0) is 35.4 Å². The molecule has 4 aromatic carbocycles. The van der Waals surface area contributed by atoms with Crippen LogP contribution in [0.3, 0.4) is 0 Å². The molecule has 148 valence electrons. The second-order valence-electron chi connectivity index (χ2n) is 8.00. The highest BCUT2D eigenvalue weighted by Crippen LogP contribution is 2.42. The Labute approximate surface area is 175 Å². The first-order valence-electron chi connectivity index (χ1n) is 10.2. The van der Waals surface area contributed by atoms with E-state index in [0.29, 0.717) is 27.7 Å². The molecule has 0 atom stereocenters. The van der Waals surface area contributed by atoms with Gasteiger partial charge in [-0.3, -0.25) is 4.48 Å². The van der Waals surface area contributed by atoms with Crippen LogP contribution in [0, 0.1) is 0 Å². The molecule has 0 aliphatic carbocycles. The second-order valence-corrected chi connectivity index (χ2v) is 8.00. The molecule has 6 heteroatoms. The molecule has 3 heterocycles. The van der Waals surface area contributed by atoms with Gasteiger partial charge in [0.15, 0.2) is 5.58 Å². The molecule has 1 aliphatic heterocycles. The molecule has 6 aromatic rings. The number of hydrogen-bond acceptors (Lipinski definition) is 1. The Bertz CT molecular complexity index is 1670. The van der Waals surface area contributed by atoms with Gasteiger partial charge in [-0.25, -0.2) is 0 Å². The third kappa shape index (κ3) is 2.04. The summed E-state index contributed by atoms with van der Waals surface area (Å²) in [5.74, 6) is 0.204. The van der Waals surface area contributed by atoms with E-state index >= 15 is 8.63 Å². The molecule has 1 aliphatic rings. The molecule has 3 nitrogen and oxygen atoms in total. The predicted molar refractivity (Wildman–Crippen MR) is 119 cm³/mol. The van der Waals surface area contributed by atoms with Crippen LogP contribution in [0.1, 0.15) is 0 Å². The number of oxazole rings is 1. The zero-order chi connectivity index (χ0) is 20.7. The zero-order valence-electron chi connectivity index (χ0n) is 16.3. The average molecular weight is 408 g/mol. The predicted octanol–water partition coefficient (Wildman–Crippen LogP) is 6.25. The summed E-state index contributed by atoms with van der Waals surface area (Å²) < 4.78 is 40.5. The summed E-state index contributed by atoms with van der Waals surface area (Å²) in [6, 6.07) is 28.4. The number of halogens is 2. The van der Waals surface area contributed by atoms with Crippen molar-refractivity contribution in [2.45, 2.75) is 0 Å². The van der Waals surface area contributed by atoms with Crippen molar-refractivity contribution in [1.29, 1.82) is 0 Å². The maximum atomic E-state index is 16.1. The summed E-state index contributed by atoms with van der Waals surface area (Å²) in [5, 5.41) is 1.62. The summed E-state index contributed by atoms with van der Waals surface area (Å²) in [6.07, 6.45) is 0. The van der Waals surface area contributed by atoms with E-state index in [2.05, 4.69) is 0 Å². The van der Waals surface area contributed by atoms with E-state index < -0.39 is 6.97 Å². The first kappa shape index (κ1) is 16.8. The van der Waals surface area contributed by atoms with Crippen LogP contribution in [0.5, 0.6) is 0 Å². The Morgan fingerprint density at radius 1 is 0.742 bits per heavy atom. The topological polar surface area (TPSA) is 21.9 Å². The van der Waals surface area contributed by atoms with E-state index in [-0.39, 0.29) is 5.89 Å². The number of rotatable bonds is 1. The normalized spacial score (nSPS) is 14.4. The van der Waals surface area contributed by atoms with Crippen LogP contribution in [-0.4, -0.2) is 11.4 Å². The van der Waals surface area contributed by atoms with E-state index in [1.165, 1.54) is 4.48 Å². The van der Waals surface area contributed by atoms with Gasteiger partial charge in [0, 0.05) is 27.9 Å². The van der Waals surface area contributed by atoms with E-state index in [0.717, 1.165) is 26.4 Å². The SMILES string of the molecule is F[B-]1(F)n2c3ccc(-c4ccccc4)cc3c3cccc(c32)-c2oc3ccccc3[n+]21. The third-order valence-corrected chi connectivity index (χ3v) is 6.33. The highest BCUT2D eigenvalue weighted by molar-refractivity contribution is 6.59. The smallest absolute Gasteiger partial charge is 0.401 e. The molecular weight excluding hydrogens is 393 g/mol. The lowest BCUT2D eigenvalue weighted by molar-refractivity contribution is -0.534. The summed E-state index contributed by atoms with van der Waals surface area (Å²) in [4.78, 5) is 0. The Kier molecular flexibility index (Phi) is 3.04. The lowest BCUT2D eigenvalue weighted by Gasteiger charge is -2.26. The number of hydrogen-bond donors (Lipinski definition) is 0. The van der Waals surface area contributed by atoms with Crippen molar-refractivity contribution in [1.82, 2.24) is 4.48 Å². The Balaban J connectivity index is 1.63. The van der Waals surface area contributed by atoms with Crippen molar-refractivity contribution in [3.05, 3.63) is 91.0 Å². The molecular formula is C25H15BF2N2O. The lowest BCUT2D eigenvalue weighted by atomic mass is 9.90. The Morgan fingerprint density at radius 2 is 1.55 bits per heavy atom. The minimum atomic E-state index is -4.14. The van der Waals surface area contributed by atoms with E-state index in [9.17, 15) is 0 Å². The van der Waals surface area contributed by atoms with Gasteiger partial charge in [0.1, 0.15) is 5.56 Å². The molecule has 0 spiro atoms. The number of benzene rings is 4. The quantitative estimate of drug-likeness (QED) is 0.295. The van der Waals surface area contributed by atoms with E-state index in [1.807, 2.05) is 66.7 Å². The zero-order valence-corrected chi connectivity index (χ0v) is 16.3. The van der Waals surface area contributed by atoms with Gasteiger partial charge in [0.05, 0.1) is 0 Å². The summed E-state index contributed by atoms with van der Waals surface area (Å²) in [5.41, 5.74) is 4.63. The molecule has 31 heavy (non-hydrogen) atoms. The van der Waals surface area contributed by atoms with Crippen LogP contribution in [0.25, 0.3) is 55.5 Å². The highest BCUT2D eigenvalue weighted by Gasteiger charge is 2.53. The molecule has 0 saturated heterocycles. The first-order chi connectivity index (χ1) is 15.1. The maximum Gasteiger partial charge on any atom is 0.740 e. The van der Waals surface area contributed by atoms with Gasteiger partial charge < -0.3 is 17.5 Å². The average Bonchev–Trinajstić information content (AvgIpc) is 3.36. The fourth-order valence-electron chi connectivity index (χ4n) is 5.02. The van der Waals surface area contributed by atoms with Gasteiger partial charge in [0.2, 0.25) is 5.52 Å². The summed E-state index contributed by atoms with van der Waals surface area (Å²) in [6.45, 7) is -4.14. The first-order valence-corrected chi connectivity index (χ1v) is 10.2. The van der Waals surface area contributed by atoms with Crippen molar-refractivity contribution in [2.75, 3.05) is 0 Å². The van der Waals surface area contributed by atoms with Crippen molar-refractivity contribution < 1.29 is 17.5 Å². The van der Waals surface area contributed by atoms with Gasteiger partial charge in [-0.1, -0.05) is 60.7 Å². The van der Waals surface area contributed by atoms with E-state index in [4.69, 9.17) is 4.42 Å². The lowest BCUT2D eigenvalue weighted by Crippen LogP contribution is -2.65. The fraction of sp³-hybridized carbons (Fsp3) is 0. The number of nitrogens with zero attached hydrogens (tertiary/aromatic N) is 2. The van der Waals surface area contributed by atoms with Crippen LogP contribution in [0.15, 0.2) is 95.4 Å². The molecule has 2 aromatic heterocycles. The Hall–Kier alpha value is -3.93. The van der Waals surface area contributed by atoms with Gasteiger partial charge in [-0.15, -0.1) is 0 Å². The molecule has 0 bridgehead atoms. The molecule has 0 amide bonds. The number of fused-ring (bicyclic) bond motifs is 7. The van der Waals surface area contributed by atoms with Gasteiger partial charge >= 0.3 is 12.9 Å². The maximum absolute atomic E-state index is 16.1. The van der Waals surface area contributed by atoms with Crippen LogP contribution in [0.2, 0.25) is 0 Å². The van der Waals surface area contributed by atoms with Crippen LogP contribution < -0.4 is 4.48 Å². The van der Waals surface area contributed by atoms with Gasteiger partial charge in [-0.2, -0.15) is 0 Å². The second kappa shape index (κ2) is 5.61. The fourth-order valence-corrected chi connectivity index (χ4v) is 5.02. The Morgan fingerprint density at radius 3 is 2.42 bits per heavy atom. The van der Waals surface area contributed by atoms with Crippen LogP contribution >= 0.6 is 0 Å². The van der Waals surface area contributed by atoms with Crippen LogP contribution in [-0.2, 0) is 0 Å². The summed E-state index contributed by atoms with van der Waals surface area (Å²) in [7, 11) is 0. The van der Waals surface area contributed by atoms with Crippen molar-refractivity contribution >= 4 is 39.9 Å². The number of para-hydroxylation sites is 3. The molecule has 0 N–H and O–H groups in total. The molecule has 7 rings (SSSR count). The monoisotopic (exact) mass is 408 g/mol. The van der Waals surface area contributed by atoms with E-state index in [1.54, 1.807) is 24.3 Å². The minimum absolute atomic E-state index is 0.204.